The van der Waals surface area contributed by atoms with Crippen molar-refractivity contribution >= 4 is 22.8 Å². The molecule has 2 aromatic heterocycles. The van der Waals surface area contributed by atoms with E-state index in [0.29, 0.717) is 19.8 Å². The lowest BCUT2D eigenvalue weighted by atomic mass is 10.1. The lowest BCUT2D eigenvalue weighted by molar-refractivity contribution is -0.121. The summed E-state index contributed by atoms with van der Waals surface area (Å²) < 4.78 is 7.49. The molecule has 7 nitrogen and oxygen atoms in total. The maximum absolute atomic E-state index is 12.6. The minimum atomic E-state index is 0.00624. The van der Waals surface area contributed by atoms with Crippen molar-refractivity contribution < 1.29 is 9.53 Å². The minimum absolute atomic E-state index is 0.00624. The Labute approximate surface area is 170 Å². The Morgan fingerprint density at radius 1 is 1.17 bits per heavy atom. The lowest BCUT2D eigenvalue weighted by Crippen LogP contribution is -2.37. The third kappa shape index (κ3) is 4.24. The summed E-state index contributed by atoms with van der Waals surface area (Å²) in [5.74, 6) is 0.869. The summed E-state index contributed by atoms with van der Waals surface area (Å²) in [6, 6.07) is 10.2. The average Bonchev–Trinajstić information content (AvgIpc) is 3.14. The second-order valence-corrected chi connectivity index (χ2v) is 7.23. The van der Waals surface area contributed by atoms with E-state index >= 15 is 0 Å². The first-order valence-electron chi connectivity index (χ1n) is 10.3. The van der Waals surface area contributed by atoms with Crippen LogP contribution in [0.4, 0.5) is 5.82 Å². The fourth-order valence-electron chi connectivity index (χ4n) is 3.69. The highest BCUT2D eigenvalue weighted by Crippen LogP contribution is 2.33. The Morgan fingerprint density at radius 2 is 1.97 bits per heavy atom. The monoisotopic (exact) mass is 393 g/mol. The standard InChI is InChI=1S/C22H27N5O2/c1-2-3-9-23-19(28)15-27-14-18(17-7-5-4-6-8-17)20-21(27)22(25-16-24-20)26-10-12-29-13-11-26/h4-8,14,16H,2-3,9-13,15H2,1H3,(H,23,28). The SMILES string of the molecule is CCCCNC(=O)Cn1cc(-c2ccccc2)c2ncnc(N3CCOCC3)c21. The normalized spacial score (nSPS) is 14.3. The van der Waals surface area contributed by atoms with Crippen LogP contribution < -0.4 is 10.2 Å². The number of nitrogens with one attached hydrogen (secondary N) is 1. The largest absolute Gasteiger partial charge is 0.378 e. The number of morpholine rings is 1. The van der Waals surface area contributed by atoms with Gasteiger partial charge >= 0.3 is 0 Å². The minimum Gasteiger partial charge on any atom is -0.378 e. The van der Waals surface area contributed by atoms with Crippen LogP contribution in [0.3, 0.4) is 0 Å². The zero-order valence-corrected chi connectivity index (χ0v) is 16.8. The Hall–Kier alpha value is -2.93. The van der Waals surface area contributed by atoms with Crippen LogP contribution in [-0.4, -0.2) is 53.3 Å². The van der Waals surface area contributed by atoms with Crippen molar-refractivity contribution in [3.8, 4) is 11.1 Å². The number of hydrogen-bond acceptors (Lipinski definition) is 5. The highest BCUT2D eigenvalue weighted by molar-refractivity contribution is 5.99. The molecule has 1 N–H and O–H groups in total. The van der Waals surface area contributed by atoms with E-state index in [-0.39, 0.29) is 12.5 Å². The number of unbranched alkanes of at least 4 members (excludes halogenated alkanes) is 1. The number of hydrogen-bond donors (Lipinski definition) is 1. The van der Waals surface area contributed by atoms with Crippen LogP contribution in [-0.2, 0) is 16.1 Å². The van der Waals surface area contributed by atoms with E-state index in [1.807, 2.05) is 29.0 Å². The predicted molar refractivity (Wildman–Crippen MR) is 114 cm³/mol. The number of anilines is 1. The van der Waals surface area contributed by atoms with E-state index in [1.165, 1.54) is 0 Å². The summed E-state index contributed by atoms with van der Waals surface area (Å²) in [6.07, 6.45) is 5.68. The number of nitrogens with zero attached hydrogens (tertiary/aromatic N) is 4. The maximum atomic E-state index is 12.6. The van der Waals surface area contributed by atoms with Gasteiger partial charge in [-0.1, -0.05) is 43.7 Å². The van der Waals surface area contributed by atoms with Gasteiger partial charge in [-0.2, -0.15) is 0 Å². The molecule has 3 heterocycles. The number of fused-ring (bicyclic) bond motifs is 1. The summed E-state index contributed by atoms with van der Waals surface area (Å²) in [4.78, 5) is 24.0. The lowest BCUT2D eigenvalue weighted by Gasteiger charge is -2.28. The molecular formula is C22H27N5O2. The smallest absolute Gasteiger partial charge is 0.239 e. The van der Waals surface area contributed by atoms with E-state index < -0.39 is 0 Å². The molecule has 1 fully saturated rings. The molecule has 1 amide bonds. The molecule has 3 aromatic rings. The summed E-state index contributed by atoms with van der Waals surface area (Å²) in [7, 11) is 0. The molecule has 0 bridgehead atoms. The van der Waals surface area contributed by atoms with Gasteiger partial charge in [-0.05, 0) is 12.0 Å². The Morgan fingerprint density at radius 3 is 2.72 bits per heavy atom. The number of aromatic nitrogens is 3. The van der Waals surface area contributed by atoms with Crippen molar-refractivity contribution in [2.45, 2.75) is 26.3 Å². The van der Waals surface area contributed by atoms with E-state index in [4.69, 9.17) is 4.74 Å². The highest BCUT2D eigenvalue weighted by atomic mass is 16.5. The van der Waals surface area contributed by atoms with Crippen molar-refractivity contribution in [1.29, 1.82) is 0 Å². The van der Waals surface area contributed by atoms with Gasteiger partial charge in [0.05, 0.1) is 13.2 Å². The molecule has 0 radical (unpaired) electrons. The van der Waals surface area contributed by atoms with Gasteiger partial charge in [-0.3, -0.25) is 4.79 Å². The number of rotatable bonds is 7. The van der Waals surface area contributed by atoms with E-state index in [0.717, 1.165) is 53.9 Å². The average molecular weight is 393 g/mol. The molecule has 1 saturated heterocycles. The summed E-state index contributed by atoms with van der Waals surface area (Å²) in [6.45, 7) is 5.97. The molecule has 0 unspecified atom stereocenters. The van der Waals surface area contributed by atoms with Gasteiger partial charge in [0.2, 0.25) is 5.91 Å². The van der Waals surface area contributed by atoms with Gasteiger partial charge < -0.3 is 19.5 Å². The van der Waals surface area contributed by atoms with Crippen LogP contribution in [0, 0.1) is 0 Å². The third-order valence-corrected chi connectivity index (χ3v) is 5.19. The summed E-state index contributed by atoms with van der Waals surface area (Å²) in [5.41, 5.74) is 3.86. The molecule has 0 aliphatic carbocycles. The van der Waals surface area contributed by atoms with Gasteiger partial charge in [0, 0.05) is 31.4 Å². The van der Waals surface area contributed by atoms with E-state index in [9.17, 15) is 4.79 Å². The number of ether oxygens (including phenoxy) is 1. The number of carbonyl (C=O) groups excluding carboxylic acids is 1. The quantitative estimate of drug-likeness (QED) is 0.625. The first-order valence-corrected chi connectivity index (χ1v) is 10.3. The molecule has 0 spiro atoms. The zero-order valence-electron chi connectivity index (χ0n) is 16.8. The second kappa shape index (κ2) is 9.05. The van der Waals surface area contributed by atoms with Gasteiger partial charge in [0.15, 0.2) is 5.82 Å². The van der Waals surface area contributed by atoms with Crippen molar-refractivity contribution in [2.75, 3.05) is 37.7 Å². The predicted octanol–water partition coefficient (Wildman–Crippen LogP) is 2.85. The van der Waals surface area contributed by atoms with E-state index in [2.05, 4.69) is 39.2 Å². The molecule has 152 valence electrons. The van der Waals surface area contributed by atoms with Crippen molar-refractivity contribution in [1.82, 2.24) is 19.9 Å². The summed E-state index contributed by atoms with van der Waals surface area (Å²) in [5, 5.41) is 3.01. The van der Waals surface area contributed by atoms with Crippen molar-refractivity contribution in [3.63, 3.8) is 0 Å². The molecule has 4 rings (SSSR count). The van der Waals surface area contributed by atoms with Crippen LogP contribution >= 0.6 is 0 Å². The highest BCUT2D eigenvalue weighted by Gasteiger charge is 2.22. The van der Waals surface area contributed by atoms with Crippen LogP contribution in [0.1, 0.15) is 19.8 Å². The first-order chi connectivity index (χ1) is 14.3. The van der Waals surface area contributed by atoms with Gasteiger partial charge in [0.1, 0.15) is 23.9 Å². The third-order valence-electron chi connectivity index (χ3n) is 5.19. The van der Waals surface area contributed by atoms with Crippen LogP contribution in [0.5, 0.6) is 0 Å². The van der Waals surface area contributed by atoms with Crippen LogP contribution in [0.15, 0.2) is 42.9 Å². The molecule has 1 aliphatic heterocycles. The fraction of sp³-hybridized carbons (Fsp3) is 0.409. The fourth-order valence-corrected chi connectivity index (χ4v) is 3.69. The van der Waals surface area contributed by atoms with Gasteiger partial charge in [-0.15, -0.1) is 0 Å². The topological polar surface area (TPSA) is 72.3 Å². The van der Waals surface area contributed by atoms with Crippen LogP contribution in [0.25, 0.3) is 22.2 Å². The zero-order chi connectivity index (χ0) is 20.1. The molecule has 1 aromatic carbocycles. The molecule has 29 heavy (non-hydrogen) atoms. The number of amides is 1. The van der Waals surface area contributed by atoms with Crippen molar-refractivity contribution in [2.24, 2.45) is 0 Å². The Bertz CT molecular complexity index is 964. The van der Waals surface area contributed by atoms with E-state index in [1.54, 1.807) is 6.33 Å². The maximum Gasteiger partial charge on any atom is 0.239 e. The number of benzene rings is 1. The number of carbonyl (C=O) groups is 1. The summed E-state index contributed by atoms with van der Waals surface area (Å²) >= 11 is 0. The molecule has 1 aliphatic rings. The molecule has 7 heteroatoms. The molecule has 0 saturated carbocycles. The molecule has 0 atom stereocenters. The Balaban J connectivity index is 1.76. The van der Waals surface area contributed by atoms with Gasteiger partial charge in [0.25, 0.3) is 0 Å². The first kappa shape index (κ1) is 19.4. The van der Waals surface area contributed by atoms with Crippen LogP contribution in [0.2, 0.25) is 0 Å². The van der Waals surface area contributed by atoms with Gasteiger partial charge in [-0.25, -0.2) is 9.97 Å². The Kier molecular flexibility index (Phi) is 6.05. The second-order valence-electron chi connectivity index (χ2n) is 7.23. The molecular weight excluding hydrogens is 366 g/mol. The van der Waals surface area contributed by atoms with Crippen molar-refractivity contribution in [3.05, 3.63) is 42.9 Å².